The van der Waals surface area contributed by atoms with Crippen molar-refractivity contribution >= 4 is 0 Å². The SMILES string of the molecule is CCn1cc(CN(C)C2CCNCC2)cn1. The van der Waals surface area contributed by atoms with E-state index >= 15 is 0 Å². The first-order valence-corrected chi connectivity index (χ1v) is 6.22. The minimum atomic E-state index is 0.728. The molecule has 0 aromatic carbocycles. The van der Waals surface area contributed by atoms with E-state index in [1.165, 1.54) is 18.4 Å². The zero-order valence-corrected chi connectivity index (χ0v) is 10.3. The van der Waals surface area contributed by atoms with E-state index in [4.69, 9.17) is 0 Å². The maximum absolute atomic E-state index is 4.31. The lowest BCUT2D eigenvalue weighted by Crippen LogP contribution is -2.40. The van der Waals surface area contributed by atoms with Gasteiger partial charge in [-0.1, -0.05) is 0 Å². The van der Waals surface area contributed by atoms with Crippen LogP contribution in [0.4, 0.5) is 0 Å². The minimum Gasteiger partial charge on any atom is -0.317 e. The number of nitrogens with one attached hydrogen (secondary N) is 1. The molecule has 0 unspecified atom stereocenters. The zero-order valence-electron chi connectivity index (χ0n) is 10.3. The van der Waals surface area contributed by atoms with Crippen molar-refractivity contribution in [1.29, 1.82) is 0 Å². The second-order valence-electron chi connectivity index (χ2n) is 4.60. The molecule has 1 fully saturated rings. The topological polar surface area (TPSA) is 33.1 Å². The third-order valence-corrected chi connectivity index (χ3v) is 3.37. The van der Waals surface area contributed by atoms with E-state index in [0.29, 0.717) is 0 Å². The van der Waals surface area contributed by atoms with Crippen LogP contribution in [0, 0.1) is 0 Å². The van der Waals surface area contributed by atoms with Gasteiger partial charge in [-0.25, -0.2) is 0 Å². The Morgan fingerprint density at radius 2 is 2.25 bits per heavy atom. The number of nitrogens with zero attached hydrogens (tertiary/aromatic N) is 3. The molecule has 90 valence electrons. The Balaban J connectivity index is 1.87. The fourth-order valence-corrected chi connectivity index (χ4v) is 2.33. The van der Waals surface area contributed by atoms with E-state index in [-0.39, 0.29) is 0 Å². The second kappa shape index (κ2) is 5.46. The van der Waals surface area contributed by atoms with Gasteiger partial charge in [0.05, 0.1) is 6.20 Å². The third kappa shape index (κ3) is 2.83. The third-order valence-electron chi connectivity index (χ3n) is 3.37. The van der Waals surface area contributed by atoms with Gasteiger partial charge in [0.25, 0.3) is 0 Å². The monoisotopic (exact) mass is 222 g/mol. The summed E-state index contributed by atoms with van der Waals surface area (Å²) in [6.45, 7) is 6.40. The van der Waals surface area contributed by atoms with Crippen LogP contribution in [0.5, 0.6) is 0 Å². The highest BCUT2D eigenvalue weighted by Gasteiger charge is 2.17. The van der Waals surface area contributed by atoms with Gasteiger partial charge in [-0.2, -0.15) is 5.10 Å². The van der Waals surface area contributed by atoms with Crippen LogP contribution in [0.25, 0.3) is 0 Å². The zero-order chi connectivity index (χ0) is 11.4. The highest BCUT2D eigenvalue weighted by molar-refractivity contribution is 5.03. The molecule has 0 radical (unpaired) electrons. The predicted octanol–water partition coefficient (Wildman–Crippen LogP) is 1.09. The van der Waals surface area contributed by atoms with Crippen LogP contribution in [0.15, 0.2) is 12.4 Å². The lowest BCUT2D eigenvalue weighted by molar-refractivity contribution is 0.192. The van der Waals surface area contributed by atoms with E-state index in [0.717, 1.165) is 32.2 Å². The Morgan fingerprint density at radius 1 is 1.50 bits per heavy atom. The maximum Gasteiger partial charge on any atom is 0.0534 e. The molecule has 1 aromatic heterocycles. The number of aromatic nitrogens is 2. The molecule has 0 atom stereocenters. The van der Waals surface area contributed by atoms with Crippen LogP contribution in [-0.2, 0) is 13.1 Å². The van der Waals surface area contributed by atoms with Crippen molar-refractivity contribution in [2.45, 2.75) is 38.9 Å². The van der Waals surface area contributed by atoms with E-state index in [2.05, 4.69) is 35.5 Å². The fraction of sp³-hybridized carbons (Fsp3) is 0.750. The lowest BCUT2D eigenvalue weighted by Gasteiger charge is -2.31. The normalized spacial score (nSPS) is 18.2. The molecule has 2 rings (SSSR count). The van der Waals surface area contributed by atoms with Gasteiger partial charge in [-0.05, 0) is 39.9 Å². The number of hydrogen-bond donors (Lipinski definition) is 1. The molecule has 2 heterocycles. The van der Waals surface area contributed by atoms with E-state index < -0.39 is 0 Å². The standard InChI is InChI=1S/C12H22N4/c1-3-16-10-11(8-14-16)9-15(2)12-4-6-13-7-5-12/h8,10,12-13H,3-7,9H2,1-2H3. The Kier molecular flexibility index (Phi) is 3.96. The summed E-state index contributed by atoms with van der Waals surface area (Å²) in [5.41, 5.74) is 1.32. The molecule has 0 spiro atoms. The summed E-state index contributed by atoms with van der Waals surface area (Å²) >= 11 is 0. The molecule has 1 aliphatic rings. The average molecular weight is 222 g/mol. The van der Waals surface area contributed by atoms with Gasteiger partial charge in [0.2, 0.25) is 0 Å². The molecule has 0 bridgehead atoms. The van der Waals surface area contributed by atoms with E-state index in [1.54, 1.807) is 0 Å². The van der Waals surface area contributed by atoms with Crippen molar-refractivity contribution in [1.82, 2.24) is 20.0 Å². The summed E-state index contributed by atoms with van der Waals surface area (Å²) in [5, 5.41) is 7.71. The highest BCUT2D eigenvalue weighted by atomic mass is 15.3. The summed E-state index contributed by atoms with van der Waals surface area (Å²) in [6, 6.07) is 0.728. The van der Waals surface area contributed by atoms with Crippen LogP contribution >= 0.6 is 0 Å². The van der Waals surface area contributed by atoms with E-state index in [1.807, 2.05) is 10.9 Å². The number of hydrogen-bond acceptors (Lipinski definition) is 3. The van der Waals surface area contributed by atoms with Crippen LogP contribution in [0.1, 0.15) is 25.3 Å². The van der Waals surface area contributed by atoms with Crippen molar-refractivity contribution in [3.8, 4) is 0 Å². The molecule has 1 N–H and O–H groups in total. The lowest BCUT2D eigenvalue weighted by atomic mass is 10.1. The van der Waals surface area contributed by atoms with Crippen LogP contribution < -0.4 is 5.32 Å². The quantitative estimate of drug-likeness (QED) is 0.828. The summed E-state index contributed by atoms with van der Waals surface area (Å²) in [6.07, 6.45) is 6.66. The first-order valence-electron chi connectivity index (χ1n) is 6.22. The van der Waals surface area contributed by atoms with Gasteiger partial charge in [0.1, 0.15) is 0 Å². The predicted molar refractivity (Wildman–Crippen MR) is 65.3 cm³/mol. The molecule has 4 heteroatoms. The molecule has 1 aliphatic heterocycles. The van der Waals surface area contributed by atoms with Crippen molar-refractivity contribution < 1.29 is 0 Å². The summed E-state index contributed by atoms with van der Waals surface area (Å²) in [4.78, 5) is 2.46. The molecule has 0 aliphatic carbocycles. The summed E-state index contributed by atoms with van der Waals surface area (Å²) < 4.78 is 1.99. The summed E-state index contributed by atoms with van der Waals surface area (Å²) in [7, 11) is 2.22. The van der Waals surface area contributed by atoms with Crippen molar-refractivity contribution in [2.75, 3.05) is 20.1 Å². The van der Waals surface area contributed by atoms with Gasteiger partial charge in [0.15, 0.2) is 0 Å². The van der Waals surface area contributed by atoms with Gasteiger partial charge < -0.3 is 5.32 Å². The number of rotatable bonds is 4. The van der Waals surface area contributed by atoms with Gasteiger partial charge >= 0.3 is 0 Å². The molecular formula is C12H22N4. The Bertz CT molecular complexity index is 315. The smallest absolute Gasteiger partial charge is 0.0534 e. The van der Waals surface area contributed by atoms with Crippen molar-refractivity contribution in [2.24, 2.45) is 0 Å². The summed E-state index contributed by atoms with van der Waals surface area (Å²) in [5.74, 6) is 0. The Morgan fingerprint density at radius 3 is 2.88 bits per heavy atom. The Labute approximate surface area is 97.6 Å². The average Bonchev–Trinajstić information content (AvgIpc) is 2.78. The molecule has 16 heavy (non-hydrogen) atoms. The molecular weight excluding hydrogens is 200 g/mol. The first kappa shape index (κ1) is 11.6. The van der Waals surface area contributed by atoms with Crippen LogP contribution in [0.3, 0.4) is 0 Å². The number of piperidine rings is 1. The van der Waals surface area contributed by atoms with Gasteiger partial charge in [0, 0.05) is 30.9 Å². The fourth-order valence-electron chi connectivity index (χ4n) is 2.33. The number of aryl methyl sites for hydroxylation is 1. The van der Waals surface area contributed by atoms with E-state index in [9.17, 15) is 0 Å². The van der Waals surface area contributed by atoms with Gasteiger partial charge in [-0.15, -0.1) is 0 Å². The molecule has 1 saturated heterocycles. The molecule has 4 nitrogen and oxygen atoms in total. The highest BCUT2D eigenvalue weighted by Crippen LogP contribution is 2.13. The maximum atomic E-state index is 4.31. The molecule has 0 amide bonds. The molecule has 1 aromatic rings. The van der Waals surface area contributed by atoms with Crippen LogP contribution in [-0.4, -0.2) is 40.9 Å². The Hall–Kier alpha value is -0.870. The largest absolute Gasteiger partial charge is 0.317 e. The van der Waals surface area contributed by atoms with Crippen molar-refractivity contribution in [3.63, 3.8) is 0 Å². The first-order chi connectivity index (χ1) is 7.79. The van der Waals surface area contributed by atoms with Crippen molar-refractivity contribution in [3.05, 3.63) is 18.0 Å². The second-order valence-corrected chi connectivity index (χ2v) is 4.60. The van der Waals surface area contributed by atoms with Crippen LogP contribution in [0.2, 0.25) is 0 Å². The minimum absolute atomic E-state index is 0.728. The van der Waals surface area contributed by atoms with Gasteiger partial charge in [-0.3, -0.25) is 9.58 Å². The molecule has 0 saturated carbocycles.